The van der Waals surface area contributed by atoms with Gasteiger partial charge < -0.3 is 10.5 Å². The molecule has 2 rings (SSSR count). The maximum Gasteiger partial charge on any atom is 0.254 e. The van der Waals surface area contributed by atoms with Crippen molar-refractivity contribution in [1.29, 1.82) is 0 Å². The molecule has 104 valence electrons. The summed E-state index contributed by atoms with van der Waals surface area (Å²) in [4.78, 5) is 11.1. The van der Waals surface area contributed by atoms with Gasteiger partial charge >= 0.3 is 0 Å². The third-order valence-corrected chi connectivity index (χ3v) is 3.65. The zero-order chi connectivity index (χ0) is 13.5. The number of pyridine rings is 1. The van der Waals surface area contributed by atoms with Crippen LogP contribution >= 0.6 is 0 Å². The first kappa shape index (κ1) is 14.0. The number of aromatic nitrogens is 1. The van der Waals surface area contributed by atoms with Crippen LogP contribution in [-0.4, -0.2) is 12.0 Å². The summed E-state index contributed by atoms with van der Waals surface area (Å²) in [6.07, 6.45) is 12.8. The van der Waals surface area contributed by atoms with Gasteiger partial charge in [-0.05, 0) is 18.9 Å². The van der Waals surface area contributed by atoms with E-state index >= 15 is 0 Å². The van der Waals surface area contributed by atoms with Gasteiger partial charge in [0.1, 0.15) is 5.56 Å². The molecule has 0 aliphatic heterocycles. The maximum absolute atomic E-state index is 11.1. The highest BCUT2D eigenvalue weighted by molar-refractivity contribution is 5.92. The summed E-state index contributed by atoms with van der Waals surface area (Å²) in [6.45, 7) is 0.492. The van der Waals surface area contributed by atoms with Gasteiger partial charge in [0, 0.05) is 6.07 Å². The van der Waals surface area contributed by atoms with E-state index in [0.29, 0.717) is 18.4 Å². The minimum atomic E-state index is -0.402. The third kappa shape index (κ3) is 4.63. The molecule has 1 amide bonds. The molecule has 19 heavy (non-hydrogen) atoms. The largest absolute Gasteiger partial charge is 0.365 e. The Morgan fingerprint density at radius 1 is 1.26 bits per heavy atom. The summed E-state index contributed by atoms with van der Waals surface area (Å²) < 4.78 is 7.82. The van der Waals surface area contributed by atoms with Crippen LogP contribution in [0, 0.1) is 0 Å². The van der Waals surface area contributed by atoms with Gasteiger partial charge in [0.05, 0.1) is 6.10 Å². The molecule has 1 saturated carbocycles. The standard InChI is InChI=1S/C15H22N2O2/c16-15(18)13-7-6-10-17(11-13)12-19-14-8-4-2-1-3-5-9-14/h6-7,10-11,14H,1-5,8-9,12H2,(H-,16,18)/p+1. The fraction of sp³-hybridized carbons (Fsp3) is 0.600. The molecule has 2 N–H and O–H groups in total. The van der Waals surface area contributed by atoms with Crippen molar-refractivity contribution in [2.24, 2.45) is 5.73 Å². The normalized spacial score (nSPS) is 17.7. The first-order valence-corrected chi connectivity index (χ1v) is 7.16. The van der Waals surface area contributed by atoms with Gasteiger partial charge in [0.15, 0.2) is 12.4 Å². The lowest BCUT2D eigenvalue weighted by molar-refractivity contribution is -0.735. The van der Waals surface area contributed by atoms with Crippen molar-refractivity contribution in [3.63, 3.8) is 0 Å². The van der Waals surface area contributed by atoms with Crippen LogP contribution in [0.15, 0.2) is 24.5 Å². The van der Waals surface area contributed by atoms with E-state index in [0.717, 1.165) is 12.8 Å². The minimum Gasteiger partial charge on any atom is -0.365 e. The lowest BCUT2D eigenvalue weighted by atomic mass is 9.99. The van der Waals surface area contributed by atoms with Crippen LogP contribution in [0.1, 0.15) is 55.3 Å². The molecule has 1 aliphatic carbocycles. The summed E-state index contributed by atoms with van der Waals surface area (Å²) in [7, 11) is 0. The van der Waals surface area contributed by atoms with Crippen molar-refractivity contribution in [2.75, 3.05) is 0 Å². The van der Waals surface area contributed by atoms with Gasteiger partial charge in [-0.25, -0.2) is 0 Å². The number of carbonyl (C=O) groups excluding carboxylic acids is 1. The number of ether oxygens (including phenoxy) is 1. The zero-order valence-electron chi connectivity index (χ0n) is 11.4. The van der Waals surface area contributed by atoms with Crippen LogP contribution in [0.3, 0.4) is 0 Å². The molecular formula is C15H23N2O2+. The van der Waals surface area contributed by atoms with Gasteiger partial charge in [-0.1, -0.05) is 32.1 Å². The van der Waals surface area contributed by atoms with E-state index in [-0.39, 0.29) is 0 Å². The summed E-state index contributed by atoms with van der Waals surface area (Å²) in [5.41, 5.74) is 5.78. The number of nitrogens with two attached hydrogens (primary N) is 1. The fourth-order valence-corrected chi connectivity index (χ4v) is 2.52. The summed E-state index contributed by atoms with van der Waals surface area (Å²) in [5, 5.41) is 0. The number of carbonyl (C=O) groups is 1. The van der Waals surface area contributed by atoms with Gasteiger partial charge in [0.2, 0.25) is 0 Å². The van der Waals surface area contributed by atoms with E-state index in [1.807, 2.05) is 16.8 Å². The second-order valence-corrected chi connectivity index (χ2v) is 5.23. The SMILES string of the molecule is NC(=O)c1ccc[n+](COC2CCCCCCC2)c1. The summed E-state index contributed by atoms with van der Waals surface area (Å²) >= 11 is 0. The van der Waals surface area contributed by atoms with Crippen molar-refractivity contribution < 1.29 is 14.1 Å². The van der Waals surface area contributed by atoms with Crippen LogP contribution < -0.4 is 10.3 Å². The lowest BCUT2D eigenvalue weighted by Gasteiger charge is -2.18. The van der Waals surface area contributed by atoms with Crippen molar-refractivity contribution in [3.8, 4) is 0 Å². The molecule has 0 unspecified atom stereocenters. The first-order chi connectivity index (χ1) is 9.25. The van der Waals surface area contributed by atoms with Crippen LogP contribution in [0.4, 0.5) is 0 Å². The van der Waals surface area contributed by atoms with Crippen LogP contribution in [0.25, 0.3) is 0 Å². The lowest BCUT2D eigenvalue weighted by Crippen LogP contribution is -2.37. The van der Waals surface area contributed by atoms with Gasteiger partial charge in [0.25, 0.3) is 12.6 Å². The molecule has 1 fully saturated rings. The zero-order valence-corrected chi connectivity index (χ0v) is 11.4. The molecule has 1 aromatic heterocycles. The van der Waals surface area contributed by atoms with Crippen molar-refractivity contribution in [2.45, 2.75) is 57.8 Å². The molecule has 1 aromatic rings. The van der Waals surface area contributed by atoms with E-state index in [2.05, 4.69) is 0 Å². The predicted molar refractivity (Wildman–Crippen MR) is 72.3 cm³/mol. The summed E-state index contributed by atoms with van der Waals surface area (Å²) in [5.74, 6) is -0.402. The molecule has 0 radical (unpaired) electrons. The first-order valence-electron chi connectivity index (χ1n) is 7.16. The number of hydrogen-bond acceptors (Lipinski definition) is 2. The molecule has 0 saturated heterocycles. The van der Waals surface area contributed by atoms with Crippen LogP contribution in [0.2, 0.25) is 0 Å². The molecule has 0 atom stereocenters. The van der Waals surface area contributed by atoms with E-state index < -0.39 is 5.91 Å². The second kappa shape index (κ2) is 7.24. The molecule has 0 bridgehead atoms. The molecule has 0 aromatic carbocycles. The Morgan fingerprint density at radius 2 is 1.95 bits per heavy atom. The molecule has 4 nitrogen and oxygen atoms in total. The second-order valence-electron chi connectivity index (χ2n) is 5.23. The average molecular weight is 263 g/mol. The molecule has 1 heterocycles. The van der Waals surface area contributed by atoms with Crippen molar-refractivity contribution in [3.05, 3.63) is 30.1 Å². The number of hydrogen-bond donors (Lipinski definition) is 1. The Balaban J connectivity index is 1.86. The van der Waals surface area contributed by atoms with Gasteiger partial charge in [-0.2, -0.15) is 4.57 Å². The monoisotopic (exact) mass is 263 g/mol. The number of amides is 1. The molecule has 0 spiro atoms. The van der Waals surface area contributed by atoms with Crippen LogP contribution in [-0.2, 0) is 11.5 Å². The van der Waals surface area contributed by atoms with Gasteiger partial charge in [-0.15, -0.1) is 0 Å². The highest BCUT2D eigenvalue weighted by Gasteiger charge is 2.14. The highest BCUT2D eigenvalue weighted by atomic mass is 16.5. The fourth-order valence-electron chi connectivity index (χ4n) is 2.52. The Kier molecular flexibility index (Phi) is 5.33. The Labute approximate surface area is 114 Å². The van der Waals surface area contributed by atoms with Crippen molar-refractivity contribution >= 4 is 5.91 Å². The Hall–Kier alpha value is -1.42. The van der Waals surface area contributed by atoms with E-state index in [9.17, 15) is 4.79 Å². The predicted octanol–water partition coefficient (Wildman–Crippen LogP) is 2.16. The number of primary amides is 1. The third-order valence-electron chi connectivity index (χ3n) is 3.65. The quantitative estimate of drug-likeness (QED) is 0.846. The van der Waals surface area contributed by atoms with Gasteiger partial charge in [-0.3, -0.25) is 4.79 Å². The van der Waals surface area contributed by atoms with E-state index in [1.54, 1.807) is 12.3 Å². The van der Waals surface area contributed by atoms with Crippen molar-refractivity contribution in [1.82, 2.24) is 0 Å². The number of rotatable bonds is 4. The topological polar surface area (TPSA) is 56.2 Å². The Morgan fingerprint density at radius 3 is 2.63 bits per heavy atom. The average Bonchev–Trinajstić information content (AvgIpc) is 2.38. The van der Waals surface area contributed by atoms with Crippen LogP contribution in [0.5, 0.6) is 0 Å². The van der Waals surface area contributed by atoms with E-state index in [1.165, 1.54) is 32.1 Å². The van der Waals surface area contributed by atoms with E-state index in [4.69, 9.17) is 10.5 Å². The molecular weight excluding hydrogens is 240 g/mol. The molecule has 4 heteroatoms. The maximum atomic E-state index is 11.1. The minimum absolute atomic E-state index is 0.352. The Bertz CT molecular complexity index is 412. The number of nitrogens with zero attached hydrogens (tertiary/aromatic N) is 1. The summed E-state index contributed by atoms with van der Waals surface area (Å²) in [6, 6.07) is 3.54. The highest BCUT2D eigenvalue weighted by Crippen LogP contribution is 2.19. The smallest absolute Gasteiger partial charge is 0.254 e. The molecule has 1 aliphatic rings.